The lowest BCUT2D eigenvalue weighted by molar-refractivity contribution is 0.0960. The summed E-state index contributed by atoms with van der Waals surface area (Å²) in [5.41, 5.74) is 8.37. The van der Waals surface area contributed by atoms with E-state index in [2.05, 4.69) is 24.5 Å². The first-order chi connectivity index (χ1) is 19.2. The number of urea groups is 1. The number of ether oxygens (including phenoxy) is 1. The van der Waals surface area contributed by atoms with E-state index in [0.29, 0.717) is 62.6 Å². The number of carbonyl (C=O) groups excluding carboxylic acids is 3. The number of primary amides is 1. The van der Waals surface area contributed by atoms with Crippen molar-refractivity contribution in [2.24, 2.45) is 11.7 Å². The minimum absolute atomic E-state index is 0.0194. The number of furan rings is 1. The molecule has 0 bridgehead atoms. The summed E-state index contributed by atoms with van der Waals surface area (Å²) in [5.74, 6) is 0.469. The molecule has 4 rings (SSSR count). The van der Waals surface area contributed by atoms with Crippen molar-refractivity contribution in [1.82, 2.24) is 10.6 Å². The fraction of sp³-hybridized carbons (Fsp3) is 0.258. The van der Waals surface area contributed by atoms with Crippen LogP contribution in [0.1, 0.15) is 47.4 Å². The highest BCUT2D eigenvalue weighted by Gasteiger charge is 2.23. The van der Waals surface area contributed by atoms with Gasteiger partial charge in [-0.1, -0.05) is 19.9 Å². The van der Waals surface area contributed by atoms with E-state index >= 15 is 0 Å². The Morgan fingerprint density at radius 3 is 2.40 bits per heavy atom. The highest BCUT2D eigenvalue weighted by Crippen LogP contribution is 2.38. The topological polar surface area (TPSA) is 124 Å². The van der Waals surface area contributed by atoms with Crippen molar-refractivity contribution in [3.8, 4) is 28.2 Å². The van der Waals surface area contributed by atoms with E-state index < -0.39 is 11.8 Å². The normalized spacial score (nSPS) is 11.0. The third-order valence-electron chi connectivity index (χ3n) is 6.47. The maximum Gasteiger partial charge on any atom is 0.312 e. The number of nitrogens with two attached hydrogens (primary N) is 1. The minimum Gasteiger partial charge on any atom is -0.491 e. The van der Waals surface area contributed by atoms with Gasteiger partial charge in [0.05, 0.1) is 12.1 Å². The summed E-state index contributed by atoms with van der Waals surface area (Å²) >= 11 is 0. The SMILES string of the molecule is CNC(=O)c1c(-c2ccc(F)cc2)oc2ccc(-c3cc(C(=O)CCC(C)C)ccc3OCCNC(N)=O)cc12. The lowest BCUT2D eigenvalue weighted by Gasteiger charge is -2.14. The van der Waals surface area contributed by atoms with Crippen LogP contribution >= 0.6 is 0 Å². The number of fused-ring (bicyclic) bond motifs is 1. The van der Waals surface area contributed by atoms with Crippen LogP contribution < -0.4 is 21.1 Å². The van der Waals surface area contributed by atoms with E-state index in [-0.39, 0.29) is 24.8 Å². The molecule has 4 aromatic rings. The lowest BCUT2D eigenvalue weighted by Crippen LogP contribution is -2.32. The van der Waals surface area contributed by atoms with Crippen LogP contribution in [-0.2, 0) is 0 Å². The zero-order chi connectivity index (χ0) is 28.8. The van der Waals surface area contributed by atoms with Crippen molar-refractivity contribution in [1.29, 1.82) is 0 Å². The fourth-order valence-electron chi connectivity index (χ4n) is 4.37. The Hall–Kier alpha value is -4.66. The molecule has 0 aliphatic heterocycles. The first kappa shape index (κ1) is 28.4. The van der Waals surface area contributed by atoms with E-state index in [0.717, 1.165) is 6.42 Å². The Morgan fingerprint density at radius 1 is 1.00 bits per heavy atom. The first-order valence-corrected chi connectivity index (χ1v) is 13.1. The maximum absolute atomic E-state index is 13.6. The van der Waals surface area contributed by atoms with Crippen molar-refractivity contribution >= 4 is 28.7 Å². The number of Topliss-reactive ketones (excluding diaryl/α,β-unsaturated/α-hetero) is 1. The van der Waals surface area contributed by atoms with Crippen LogP contribution in [0.5, 0.6) is 5.75 Å². The second-order valence-electron chi connectivity index (χ2n) is 9.81. The number of benzene rings is 3. The molecule has 0 saturated carbocycles. The van der Waals surface area contributed by atoms with Gasteiger partial charge in [0.25, 0.3) is 5.91 Å². The van der Waals surface area contributed by atoms with Crippen molar-refractivity contribution in [2.45, 2.75) is 26.7 Å². The zero-order valence-electron chi connectivity index (χ0n) is 22.7. The lowest BCUT2D eigenvalue weighted by atomic mass is 9.95. The highest BCUT2D eigenvalue weighted by molar-refractivity contribution is 6.12. The van der Waals surface area contributed by atoms with Gasteiger partial charge in [0, 0.05) is 35.5 Å². The average Bonchev–Trinajstić information content (AvgIpc) is 3.32. The number of amides is 3. The highest BCUT2D eigenvalue weighted by atomic mass is 19.1. The van der Waals surface area contributed by atoms with E-state index in [9.17, 15) is 18.8 Å². The van der Waals surface area contributed by atoms with E-state index in [4.69, 9.17) is 14.9 Å². The zero-order valence-corrected chi connectivity index (χ0v) is 22.7. The third-order valence-corrected chi connectivity index (χ3v) is 6.47. The predicted molar refractivity (Wildman–Crippen MR) is 152 cm³/mol. The molecule has 3 aromatic carbocycles. The molecule has 0 fully saturated rings. The number of hydrogen-bond donors (Lipinski definition) is 3. The molecule has 40 heavy (non-hydrogen) atoms. The number of halogens is 1. The van der Waals surface area contributed by atoms with Gasteiger partial charge in [0.2, 0.25) is 0 Å². The molecule has 0 radical (unpaired) electrons. The second-order valence-corrected chi connectivity index (χ2v) is 9.81. The Bertz CT molecular complexity index is 1540. The Morgan fingerprint density at radius 2 is 1.73 bits per heavy atom. The molecule has 0 saturated heterocycles. The van der Waals surface area contributed by atoms with Gasteiger partial charge < -0.3 is 25.5 Å². The molecule has 0 unspecified atom stereocenters. The van der Waals surface area contributed by atoms with Gasteiger partial charge in [-0.05, 0) is 72.5 Å². The van der Waals surface area contributed by atoms with Crippen molar-refractivity contribution in [3.63, 3.8) is 0 Å². The van der Waals surface area contributed by atoms with Crippen LogP contribution in [0.25, 0.3) is 33.4 Å². The van der Waals surface area contributed by atoms with Crippen LogP contribution in [0.15, 0.2) is 65.1 Å². The van der Waals surface area contributed by atoms with Crippen molar-refractivity contribution in [2.75, 3.05) is 20.2 Å². The number of nitrogens with one attached hydrogen (secondary N) is 2. The molecule has 1 aromatic heterocycles. The summed E-state index contributed by atoms with van der Waals surface area (Å²) in [6.45, 7) is 4.50. The van der Waals surface area contributed by atoms with Crippen LogP contribution in [0, 0.1) is 11.7 Å². The molecule has 0 aliphatic carbocycles. The molecule has 9 heteroatoms. The monoisotopic (exact) mass is 545 g/mol. The first-order valence-electron chi connectivity index (χ1n) is 13.1. The molecule has 0 spiro atoms. The Balaban J connectivity index is 1.81. The quantitative estimate of drug-likeness (QED) is 0.159. The number of ketones is 1. The predicted octanol–water partition coefficient (Wildman–Crippen LogP) is 5.93. The van der Waals surface area contributed by atoms with Crippen LogP contribution in [-0.4, -0.2) is 37.9 Å². The van der Waals surface area contributed by atoms with Crippen LogP contribution in [0.3, 0.4) is 0 Å². The van der Waals surface area contributed by atoms with Gasteiger partial charge >= 0.3 is 6.03 Å². The van der Waals surface area contributed by atoms with Gasteiger partial charge in [-0.3, -0.25) is 9.59 Å². The largest absolute Gasteiger partial charge is 0.491 e. The molecule has 8 nitrogen and oxygen atoms in total. The van der Waals surface area contributed by atoms with Gasteiger partial charge in [-0.15, -0.1) is 0 Å². The van der Waals surface area contributed by atoms with Crippen molar-refractivity contribution < 1.29 is 27.9 Å². The summed E-state index contributed by atoms with van der Waals surface area (Å²) in [4.78, 5) is 37.0. The Kier molecular flexibility index (Phi) is 8.83. The molecule has 0 aliphatic rings. The standard InChI is InChI=1S/C31H32FN3O5/c1-18(2)4-11-25(36)21-8-12-26(39-15-14-35-31(33)38)23(17-21)20-7-13-27-24(16-20)28(30(37)34-3)29(40-27)19-5-9-22(32)10-6-19/h5-10,12-13,16-18H,4,11,14-15H2,1-3H3,(H,34,37)(H3,33,35,38). The molecule has 208 valence electrons. The van der Waals surface area contributed by atoms with Crippen LogP contribution in [0.2, 0.25) is 0 Å². The van der Waals surface area contributed by atoms with Gasteiger partial charge in [0.15, 0.2) is 5.78 Å². The van der Waals surface area contributed by atoms with Gasteiger partial charge in [0.1, 0.15) is 29.5 Å². The van der Waals surface area contributed by atoms with E-state index in [1.165, 1.54) is 19.2 Å². The summed E-state index contributed by atoms with van der Waals surface area (Å²) in [5, 5.41) is 5.69. The summed E-state index contributed by atoms with van der Waals surface area (Å²) in [6, 6.07) is 15.7. The Labute approximate surface area is 231 Å². The number of rotatable bonds is 11. The van der Waals surface area contributed by atoms with Crippen molar-refractivity contribution in [3.05, 3.63) is 77.6 Å². The van der Waals surface area contributed by atoms with E-state index in [1.54, 1.807) is 36.4 Å². The number of hydrogen-bond acceptors (Lipinski definition) is 5. The summed E-state index contributed by atoms with van der Waals surface area (Å²) in [7, 11) is 1.53. The fourth-order valence-corrected chi connectivity index (χ4v) is 4.37. The molecule has 0 atom stereocenters. The van der Waals surface area contributed by atoms with Crippen LogP contribution in [0.4, 0.5) is 9.18 Å². The minimum atomic E-state index is -0.654. The molecule has 1 heterocycles. The second kappa shape index (κ2) is 12.5. The van der Waals surface area contributed by atoms with E-state index in [1.807, 2.05) is 12.1 Å². The molecular formula is C31H32FN3O5. The smallest absolute Gasteiger partial charge is 0.312 e. The average molecular weight is 546 g/mol. The molecule has 3 amide bonds. The van der Waals surface area contributed by atoms with Gasteiger partial charge in [-0.2, -0.15) is 0 Å². The molecular weight excluding hydrogens is 513 g/mol. The maximum atomic E-state index is 13.6. The number of carbonyl (C=O) groups is 3. The summed E-state index contributed by atoms with van der Waals surface area (Å²) in [6.07, 6.45) is 1.19. The van der Waals surface area contributed by atoms with Gasteiger partial charge in [-0.25, -0.2) is 9.18 Å². The third kappa shape index (κ3) is 6.48. The molecule has 4 N–H and O–H groups in total. The summed E-state index contributed by atoms with van der Waals surface area (Å²) < 4.78 is 25.6.